The van der Waals surface area contributed by atoms with E-state index in [0.717, 1.165) is 0 Å². The largest absolute Gasteiger partial charge is 0.397 e. The summed E-state index contributed by atoms with van der Waals surface area (Å²) >= 11 is 5.59. The lowest BCUT2D eigenvalue weighted by Gasteiger charge is -2.02. The maximum Gasteiger partial charge on any atom is 0.271 e. The van der Waals surface area contributed by atoms with Crippen LogP contribution in [0.2, 0.25) is 5.02 Å². The summed E-state index contributed by atoms with van der Waals surface area (Å²) in [5.41, 5.74) is 5.97. The summed E-state index contributed by atoms with van der Waals surface area (Å²) in [7, 11) is 1.51. The Bertz CT molecular complexity index is 314. The van der Waals surface area contributed by atoms with E-state index in [0.29, 0.717) is 5.02 Å². The average Bonchev–Trinajstić information content (AvgIpc) is 2.03. The number of carbonyl (C=O) groups is 1. The summed E-state index contributed by atoms with van der Waals surface area (Å²) in [6, 6.07) is 1.49. The van der Waals surface area contributed by atoms with Crippen LogP contribution >= 0.6 is 11.6 Å². The molecule has 0 saturated heterocycles. The van der Waals surface area contributed by atoms with Crippen LogP contribution in [0.1, 0.15) is 10.5 Å². The average molecular weight is 186 g/mol. The van der Waals surface area contributed by atoms with Crippen LogP contribution in [-0.2, 0) is 0 Å². The Morgan fingerprint density at radius 2 is 2.42 bits per heavy atom. The van der Waals surface area contributed by atoms with Crippen LogP contribution in [0.4, 0.5) is 5.69 Å². The number of aromatic nitrogens is 1. The number of anilines is 1. The Morgan fingerprint density at radius 3 is 2.92 bits per heavy atom. The molecule has 0 fully saturated rings. The van der Waals surface area contributed by atoms with Gasteiger partial charge in [-0.15, -0.1) is 0 Å². The van der Waals surface area contributed by atoms with Gasteiger partial charge in [-0.05, 0) is 6.07 Å². The van der Waals surface area contributed by atoms with Gasteiger partial charge in [-0.3, -0.25) is 4.79 Å². The van der Waals surface area contributed by atoms with E-state index in [1.54, 1.807) is 0 Å². The molecule has 1 aromatic rings. The standard InChI is InChI=1S/C7H8ClN3O/c1-10-7(12)6-5(9)2-4(8)3-11-6/h2-3H,9H2,1H3,(H,10,12). The Labute approximate surface area is 74.7 Å². The highest BCUT2D eigenvalue weighted by atomic mass is 35.5. The van der Waals surface area contributed by atoms with Gasteiger partial charge in [0.25, 0.3) is 5.91 Å². The fourth-order valence-corrected chi connectivity index (χ4v) is 0.929. The summed E-state index contributed by atoms with van der Waals surface area (Å²) < 4.78 is 0. The Kier molecular flexibility index (Phi) is 2.50. The lowest BCUT2D eigenvalue weighted by molar-refractivity contribution is 0.0959. The molecule has 1 heterocycles. The normalized spacial score (nSPS) is 9.50. The monoisotopic (exact) mass is 185 g/mol. The maximum absolute atomic E-state index is 11.0. The Balaban J connectivity index is 3.09. The molecule has 0 atom stereocenters. The zero-order valence-corrected chi connectivity index (χ0v) is 7.22. The Morgan fingerprint density at radius 1 is 1.75 bits per heavy atom. The highest BCUT2D eigenvalue weighted by molar-refractivity contribution is 6.30. The highest BCUT2D eigenvalue weighted by Crippen LogP contribution is 2.14. The number of nitrogens with zero attached hydrogens (tertiary/aromatic N) is 1. The zero-order valence-electron chi connectivity index (χ0n) is 6.47. The summed E-state index contributed by atoms with van der Waals surface area (Å²) in [6.07, 6.45) is 1.38. The predicted octanol–water partition coefficient (Wildman–Crippen LogP) is 0.677. The number of nitrogens with two attached hydrogens (primary N) is 1. The van der Waals surface area contributed by atoms with Gasteiger partial charge in [0.2, 0.25) is 0 Å². The van der Waals surface area contributed by atoms with Gasteiger partial charge in [-0.2, -0.15) is 0 Å². The van der Waals surface area contributed by atoms with Crippen LogP contribution in [0.5, 0.6) is 0 Å². The van der Waals surface area contributed by atoms with Crippen molar-refractivity contribution in [3.05, 3.63) is 23.0 Å². The molecule has 4 nitrogen and oxygen atoms in total. The van der Waals surface area contributed by atoms with E-state index in [1.165, 1.54) is 19.3 Å². The molecule has 64 valence electrons. The summed E-state index contributed by atoms with van der Waals surface area (Å²) in [5, 5.41) is 2.83. The van der Waals surface area contributed by atoms with E-state index in [2.05, 4.69) is 10.3 Å². The lowest BCUT2D eigenvalue weighted by atomic mass is 10.3. The molecule has 0 aliphatic heterocycles. The predicted molar refractivity (Wildman–Crippen MR) is 47.0 cm³/mol. The molecule has 0 aliphatic carbocycles. The first-order valence-electron chi connectivity index (χ1n) is 3.28. The SMILES string of the molecule is CNC(=O)c1ncc(Cl)cc1N. The molecule has 0 aromatic carbocycles. The van der Waals surface area contributed by atoms with Crippen molar-refractivity contribution >= 4 is 23.2 Å². The van der Waals surface area contributed by atoms with E-state index in [1.807, 2.05) is 0 Å². The van der Waals surface area contributed by atoms with Crippen molar-refractivity contribution in [1.82, 2.24) is 10.3 Å². The van der Waals surface area contributed by atoms with Crippen LogP contribution in [-0.4, -0.2) is 17.9 Å². The molecule has 3 N–H and O–H groups in total. The number of carbonyl (C=O) groups excluding carboxylic acids is 1. The Hall–Kier alpha value is -1.29. The van der Waals surface area contributed by atoms with E-state index in [-0.39, 0.29) is 17.3 Å². The van der Waals surface area contributed by atoms with Gasteiger partial charge in [0.15, 0.2) is 5.69 Å². The summed E-state index contributed by atoms with van der Waals surface area (Å²) in [5.74, 6) is -0.316. The second-order valence-corrected chi connectivity index (χ2v) is 2.61. The van der Waals surface area contributed by atoms with Gasteiger partial charge in [0.1, 0.15) is 0 Å². The summed E-state index contributed by atoms with van der Waals surface area (Å²) in [6.45, 7) is 0. The lowest BCUT2D eigenvalue weighted by Crippen LogP contribution is -2.20. The number of hydrogen-bond donors (Lipinski definition) is 2. The van der Waals surface area contributed by atoms with Crippen LogP contribution < -0.4 is 11.1 Å². The van der Waals surface area contributed by atoms with Crippen LogP contribution in [0.25, 0.3) is 0 Å². The topological polar surface area (TPSA) is 68.0 Å². The molecule has 0 unspecified atom stereocenters. The first kappa shape index (κ1) is 8.80. The van der Waals surface area contributed by atoms with E-state index in [9.17, 15) is 4.79 Å². The van der Waals surface area contributed by atoms with Crippen molar-refractivity contribution in [2.75, 3.05) is 12.8 Å². The maximum atomic E-state index is 11.0. The van der Waals surface area contributed by atoms with Crippen LogP contribution in [0.15, 0.2) is 12.3 Å². The first-order valence-corrected chi connectivity index (χ1v) is 3.66. The third kappa shape index (κ3) is 1.65. The molecule has 0 saturated carbocycles. The second-order valence-electron chi connectivity index (χ2n) is 2.17. The minimum absolute atomic E-state index is 0.196. The van der Waals surface area contributed by atoms with Crippen LogP contribution in [0.3, 0.4) is 0 Å². The van der Waals surface area contributed by atoms with Crippen molar-refractivity contribution in [2.24, 2.45) is 0 Å². The number of halogens is 1. The van der Waals surface area contributed by atoms with E-state index in [4.69, 9.17) is 17.3 Å². The zero-order chi connectivity index (χ0) is 9.14. The van der Waals surface area contributed by atoms with Gasteiger partial charge < -0.3 is 11.1 Å². The molecular formula is C7H8ClN3O. The van der Waals surface area contributed by atoms with Gasteiger partial charge in [-0.1, -0.05) is 11.6 Å². The quantitative estimate of drug-likeness (QED) is 0.676. The number of hydrogen-bond acceptors (Lipinski definition) is 3. The van der Waals surface area contributed by atoms with Gasteiger partial charge >= 0.3 is 0 Å². The number of nitrogens with one attached hydrogen (secondary N) is 1. The van der Waals surface area contributed by atoms with Crippen molar-refractivity contribution in [2.45, 2.75) is 0 Å². The number of rotatable bonds is 1. The minimum Gasteiger partial charge on any atom is -0.397 e. The molecule has 0 aliphatic rings. The molecule has 1 aromatic heterocycles. The molecule has 1 amide bonds. The number of nitrogen functional groups attached to an aromatic ring is 1. The molecular weight excluding hydrogens is 178 g/mol. The summed E-state index contributed by atoms with van der Waals surface area (Å²) in [4.78, 5) is 14.8. The first-order chi connectivity index (χ1) is 5.65. The van der Waals surface area contributed by atoms with E-state index < -0.39 is 0 Å². The van der Waals surface area contributed by atoms with Crippen molar-refractivity contribution in [3.8, 4) is 0 Å². The second kappa shape index (κ2) is 3.40. The molecule has 1 rings (SSSR count). The molecule has 12 heavy (non-hydrogen) atoms. The third-order valence-corrected chi connectivity index (χ3v) is 1.53. The van der Waals surface area contributed by atoms with Crippen molar-refractivity contribution in [1.29, 1.82) is 0 Å². The van der Waals surface area contributed by atoms with E-state index >= 15 is 0 Å². The third-order valence-electron chi connectivity index (χ3n) is 1.33. The minimum atomic E-state index is -0.316. The fourth-order valence-electron chi connectivity index (χ4n) is 0.763. The molecule has 0 spiro atoms. The number of amides is 1. The van der Waals surface area contributed by atoms with Gasteiger partial charge in [0.05, 0.1) is 10.7 Å². The van der Waals surface area contributed by atoms with Crippen LogP contribution in [0, 0.1) is 0 Å². The molecule has 5 heteroatoms. The molecule has 0 radical (unpaired) electrons. The highest BCUT2D eigenvalue weighted by Gasteiger charge is 2.08. The molecule has 0 bridgehead atoms. The van der Waals surface area contributed by atoms with Crippen molar-refractivity contribution < 1.29 is 4.79 Å². The number of pyridine rings is 1. The van der Waals surface area contributed by atoms with Crippen molar-refractivity contribution in [3.63, 3.8) is 0 Å². The van der Waals surface area contributed by atoms with Gasteiger partial charge in [-0.25, -0.2) is 4.98 Å². The van der Waals surface area contributed by atoms with Gasteiger partial charge in [0, 0.05) is 13.2 Å². The smallest absolute Gasteiger partial charge is 0.271 e. The fraction of sp³-hybridized carbons (Fsp3) is 0.143.